The van der Waals surface area contributed by atoms with Crippen molar-refractivity contribution < 1.29 is 4.74 Å². The van der Waals surface area contributed by atoms with Crippen LogP contribution < -0.4 is 25.6 Å². The van der Waals surface area contributed by atoms with Gasteiger partial charge in [0.2, 0.25) is 5.95 Å². The Labute approximate surface area is 237 Å². The fourth-order valence-corrected chi connectivity index (χ4v) is 6.57. The van der Waals surface area contributed by atoms with E-state index in [2.05, 4.69) is 91.5 Å². The van der Waals surface area contributed by atoms with Gasteiger partial charge in [-0.25, -0.2) is 9.97 Å². The zero-order valence-electron chi connectivity index (χ0n) is 24.5. The molecule has 1 aromatic heterocycles. The first-order valence-electron chi connectivity index (χ1n) is 14.3. The topological polar surface area (TPSA) is 82.8 Å². The number of hydrogen-bond donors (Lipinski definition) is 2. The summed E-state index contributed by atoms with van der Waals surface area (Å²) in [5, 5.41) is 3.49. The molecule has 2 aliphatic carbocycles. The summed E-state index contributed by atoms with van der Waals surface area (Å²) >= 11 is 0. The smallest absolute Gasteiger partial charge is 0.228 e. The number of anilines is 5. The van der Waals surface area contributed by atoms with Crippen molar-refractivity contribution in [2.75, 3.05) is 69.2 Å². The van der Waals surface area contributed by atoms with Crippen LogP contribution in [-0.4, -0.2) is 69.3 Å². The molecule has 1 fully saturated rings. The molecule has 1 saturated carbocycles. The number of ether oxygens (including phenoxy) is 1. The molecule has 3 N–H and O–H groups in total. The zero-order chi connectivity index (χ0) is 28.1. The highest BCUT2D eigenvalue weighted by atomic mass is 16.5. The van der Waals surface area contributed by atoms with Crippen LogP contribution in [0.1, 0.15) is 54.1 Å². The number of allylic oxidation sites excluding steroid dienone is 1. The van der Waals surface area contributed by atoms with E-state index in [1.807, 2.05) is 12.1 Å². The van der Waals surface area contributed by atoms with Gasteiger partial charge in [0.25, 0.3) is 0 Å². The Morgan fingerprint density at radius 1 is 1.12 bits per heavy atom. The van der Waals surface area contributed by atoms with Crippen molar-refractivity contribution in [2.24, 2.45) is 5.92 Å². The fourth-order valence-electron chi connectivity index (χ4n) is 6.57. The maximum Gasteiger partial charge on any atom is 0.228 e. The maximum absolute atomic E-state index is 6.57. The van der Waals surface area contributed by atoms with Gasteiger partial charge in [-0.3, -0.25) is 0 Å². The van der Waals surface area contributed by atoms with Crippen molar-refractivity contribution in [1.29, 1.82) is 0 Å². The monoisotopic (exact) mass is 539 g/mol. The van der Waals surface area contributed by atoms with Crippen LogP contribution in [-0.2, 0) is 0 Å². The molecule has 4 atom stereocenters. The second kappa shape index (κ2) is 10.3. The van der Waals surface area contributed by atoms with Crippen molar-refractivity contribution in [3.05, 3.63) is 65.0 Å². The van der Waals surface area contributed by atoms with Crippen LogP contribution in [0.5, 0.6) is 5.75 Å². The SMILES string of the molecule is CCC1C(c2nc(Nc3cc(N)c(N(C)CCN(C)C)cc3OC)nc3c2C2CC2C=C3)c2ccccc2N1C. The van der Waals surface area contributed by atoms with E-state index in [0.29, 0.717) is 35.3 Å². The van der Waals surface area contributed by atoms with E-state index in [-0.39, 0.29) is 5.92 Å². The summed E-state index contributed by atoms with van der Waals surface area (Å²) in [5.74, 6) is 2.60. The quantitative estimate of drug-likeness (QED) is 0.355. The minimum Gasteiger partial charge on any atom is -0.494 e. The number of nitrogens with two attached hydrogens (primary N) is 1. The first-order chi connectivity index (χ1) is 19.3. The molecule has 2 aromatic carbocycles. The molecule has 2 heterocycles. The molecule has 210 valence electrons. The number of hydrogen-bond acceptors (Lipinski definition) is 8. The number of para-hydroxylation sites is 1. The third-order valence-electron chi connectivity index (χ3n) is 8.85. The molecule has 4 unspecified atom stereocenters. The second-order valence-corrected chi connectivity index (χ2v) is 11.7. The van der Waals surface area contributed by atoms with Crippen LogP contribution in [0.15, 0.2) is 42.5 Å². The van der Waals surface area contributed by atoms with Crippen molar-refractivity contribution in [1.82, 2.24) is 14.9 Å². The number of nitrogens with zero attached hydrogens (tertiary/aromatic N) is 5. The number of likely N-dealkylation sites (N-methyl/N-ethyl adjacent to an activating group) is 3. The molecule has 0 saturated heterocycles. The number of nitrogen functional groups attached to an aromatic ring is 1. The predicted molar refractivity (Wildman–Crippen MR) is 165 cm³/mol. The second-order valence-electron chi connectivity index (χ2n) is 11.7. The first kappa shape index (κ1) is 26.4. The summed E-state index contributed by atoms with van der Waals surface area (Å²) in [6.45, 7) is 4.06. The molecular formula is C32H41N7O. The van der Waals surface area contributed by atoms with E-state index in [4.69, 9.17) is 20.4 Å². The Balaban J connectivity index is 1.41. The highest BCUT2D eigenvalue weighted by Crippen LogP contribution is 2.56. The van der Waals surface area contributed by atoms with E-state index in [9.17, 15) is 0 Å². The number of benzene rings is 2. The molecule has 0 bridgehead atoms. The van der Waals surface area contributed by atoms with Crippen LogP contribution >= 0.6 is 0 Å². The molecule has 8 nitrogen and oxygen atoms in total. The van der Waals surface area contributed by atoms with Crippen LogP contribution in [0.2, 0.25) is 0 Å². The van der Waals surface area contributed by atoms with Crippen molar-refractivity contribution in [2.45, 2.75) is 37.6 Å². The Morgan fingerprint density at radius 3 is 2.67 bits per heavy atom. The highest BCUT2D eigenvalue weighted by Gasteiger charge is 2.46. The molecule has 3 aromatic rings. The summed E-state index contributed by atoms with van der Waals surface area (Å²) in [6, 6.07) is 13.1. The average Bonchev–Trinajstić information content (AvgIpc) is 3.68. The molecular weight excluding hydrogens is 498 g/mol. The Bertz CT molecular complexity index is 1450. The molecule has 6 rings (SSSR count). The predicted octanol–water partition coefficient (Wildman–Crippen LogP) is 5.30. The normalized spacial score (nSPS) is 22.1. The van der Waals surface area contributed by atoms with Gasteiger partial charge in [0.15, 0.2) is 0 Å². The Morgan fingerprint density at radius 2 is 1.93 bits per heavy atom. The van der Waals surface area contributed by atoms with Gasteiger partial charge in [0, 0.05) is 56.5 Å². The van der Waals surface area contributed by atoms with Gasteiger partial charge in [-0.2, -0.15) is 0 Å². The van der Waals surface area contributed by atoms with E-state index in [1.165, 1.54) is 23.2 Å². The number of methoxy groups -OCH3 is 1. The standard InChI is InChI=1S/C32H41N7O/c1-7-25-30(20-10-8-9-11-26(20)39(25)5)31-29-21-16-19(21)12-13-23(29)34-32(36-31)35-24-17-22(33)27(18-28(24)40-6)38(4)15-14-37(2)3/h8-13,17-19,21,25,30H,7,14-16,33H2,1-6H3,(H,34,35,36). The van der Waals surface area contributed by atoms with Crippen LogP contribution in [0.3, 0.4) is 0 Å². The van der Waals surface area contributed by atoms with Crippen molar-refractivity contribution >= 4 is 34.8 Å². The fraction of sp³-hybridized carbons (Fsp3) is 0.438. The summed E-state index contributed by atoms with van der Waals surface area (Å²) in [4.78, 5) is 17.1. The van der Waals surface area contributed by atoms with Gasteiger partial charge in [-0.15, -0.1) is 0 Å². The molecule has 8 heteroatoms. The van der Waals surface area contributed by atoms with Crippen LogP contribution in [0, 0.1) is 5.92 Å². The first-order valence-corrected chi connectivity index (χ1v) is 14.3. The molecule has 1 aliphatic heterocycles. The van der Waals surface area contributed by atoms with E-state index in [1.54, 1.807) is 7.11 Å². The molecule has 40 heavy (non-hydrogen) atoms. The molecule has 0 radical (unpaired) electrons. The number of fused-ring (bicyclic) bond motifs is 4. The summed E-state index contributed by atoms with van der Waals surface area (Å²) in [7, 11) is 10.1. The number of nitrogens with one attached hydrogen (secondary N) is 1. The van der Waals surface area contributed by atoms with E-state index in [0.717, 1.165) is 42.3 Å². The lowest BCUT2D eigenvalue weighted by atomic mass is 9.85. The summed E-state index contributed by atoms with van der Waals surface area (Å²) in [5.41, 5.74) is 15.1. The van der Waals surface area contributed by atoms with Gasteiger partial charge < -0.3 is 30.5 Å². The van der Waals surface area contributed by atoms with E-state index < -0.39 is 0 Å². The minimum atomic E-state index is 0.191. The summed E-state index contributed by atoms with van der Waals surface area (Å²) < 4.78 is 5.82. The highest BCUT2D eigenvalue weighted by molar-refractivity contribution is 5.79. The van der Waals surface area contributed by atoms with Gasteiger partial charge in [-0.05, 0) is 62.5 Å². The largest absolute Gasteiger partial charge is 0.494 e. The molecule has 0 spiro atoms. The van der Waals surface area contributed by atoms with Crippen molar-refractivity contribution in [3.8, 4) is 5.75 Å². The van der Waals surface area contributed by atoms with Gasteiger partial charge in [0.05, 0.1) is 35.6 Å². The Kier molecular flexibility index (Phi) is 6.82. The zero-order valence-corrected chi connectivity index (χ0v) is 24.5. The minimum absolute atomic E-state index is 0.191. The van der Waals surface area contributed by atoms with Gasteiger partial charge in [0.1, 0.15) is 5.75 Å². The van der Waals surface area contributed by atoms with Crippen molar-refractivity contribution in [3.63, 3.8) is 0 Å². The summed E-state index contributed by atoms with van der Waals surface area (Å²) in [6.07, 6.45) is 6.73. The average molecular weight is 540 g/mol. The lowest BCUT2D eigenvalue weighted by molar-refractivity contribution is 0.413. The molecule has 0 amide bonds. The van der Waals surface area contributed by atoms with Crippen LogP contribution in [0.25, 0.3) is 6.08 Å². The number of aromatic nitrogens is 2. The number of rotatable bonds is 9. The molecule has 3 aliphatic rings. The lowest BCUT2D eigenvalue weighted by Gasteiger charge is -2.28. The maximum atomic E-state index is 6.57. The van der Waals surface area contributed by atoms with E-state index >= 15 is 0 Å². The van der Waals surface area contributed by atoms with Crippen LogP contribution in [0.4, 0.5) is 28.7 Å². The Hall–Kier alpha value is -3.78. The third-order valence-corrected chi connectivity index (χ3v) is 8.85. The van der Waals surface area contributed by atoms with Gasteiger partial charge >= 0.3 is 0 Å². The third kappa shape index (κ3) is 4.54. The van der Waals surface area contributed by atoms with Gasteiger partial charge in [-0.1, -0.05) is 31.2 Å². The lowest BCUT2D eigenvalue weighted by Crippen LogP contribution is -2.31.